The molecule has 1 aromatic carbocycles. The Morgan fingerprint density at radius 3 is 2.72 bits per heavy atom. The largest absolute Gasteiger partial charge is 0.490 e. The SMILES string of the molecule is CCCCOCCOc1ccc(CCN)cc1Br. The fourth-order valence-corrected chi connectivity index (χ4v) is 2.08. The first-order chi connectivity index (χ1) is 8.77. The molecule has 2 N–H and O–H groups in total. The second-order valence-corrected chi connectivity index (χ2v) is 4.97. The van der Waals surface area contributed by atoms with E-state index in [1.807, 2.05) is 12.1 Å². The van der Waals surface area contributed by atoms with Crippen molar-refractivity contribution in [1.29, 1.82) is 0 Å². The minimum absolute atomic E-state index is 0.582. The molecule has 0 radical (unpaired) electrons. The van der Waals surface area contributed by atoms with E-state index in [-0.39, 0.29) is 0 Å². The van der Waals surface area contributed by atoms with Crippen molar-refractivity contribution in [3.63, 3.8) is 0 Å². The Labute approximate surface area is 118 Å². The maximum absolute atomic E-state index is 5.65. The molecule has 0 heterocycles. The van der Waals surface area contributed by atoms with Gasteiger partial charge in [0.15, 0.2) is 0 Å². The minimum Gasteiger partial charge on any atom is -0.490 e. The molecule has 0 spiro atoms. The third kappa shape index (κ3) is 5.85. The van der Waals surface area contributed by atoms with Gasteiger partial charge in [-0.2, -0.15) is 0 Å². The monoisotopic (exact) mass is 315 g/mol. The van der Waals surface area contributed by atoms with Crippen LogP contribution >= 0.6 is 15.9 Å². The van der Waals surface area contributed by atoms with Crippen molar-refractivity contribution in [2.75, 3.05) is 26.4 Å². The lowest BCUT2D eigenvalue weighted by molar-refractivity contribution is 0.0978. The van der Waals surface area contributed by atoms with Crippen LogP contribution in [0.3, 0.4) is 0 Å². The van der Waals surface area contributed by atoms with Crippen LogP contribution in [0.4, 0.5) is 0 Å². The van der Waals surface area contributed by atoms with E-state index in [0.717, 1.165) is 36.1 Å². The van der Waals surface area contributed by atoms with Crippen LogP contribution in [0, 0.1) is 0 Å². The van der Waals surface area contributed by atoms with Gasteiger partial charge in [-0.05, 0) is 53.0 Å². The van der Waals surface area contributed by atoms with Gasteiger partial charge in [0, 0.05) is 6.61 Å². The maximum atomic E-state index is 5.65. The number of ether oxygens (including phenoxy) is 2. The standard InChI is InChI=1S/C14H22BrNO2/c1-2-3-8-17-9-10-18-14-5-4-12(6-7-16)11-13(14)15/h4-5,11H,2-3,6-10,16H2,1H3. The second-order valence-electron chi connectivity index (χ2n) is 4.12. The summed E-state index contributed by atoms with van der Waals surface area (Å²) in [5.41, 5.74) is 6.74. The normalized spacial score (nSPS) is 10.6. The molecule has 0 fully saturated rings. The lowest BCUT2D eigenvalue weighted by Crippen LogP contribution is -2.08. The number of rotatable bonds is 9. The number of unbranched alkanes of at least 4 members (excludes halogenated alkanes) is 1. The van der Waals surface area contributed by atoms with E-state index in [1.54, 1.807) is 0 Å². The highest BCUT2D eigenvalue weighted by Crippen LogP contribution is 2.26. The maximum Gasteiger partial charge on any atom is 0.133 e. The van der Waals surface area contributed by atoms with Crippen LogP contribution < -0.4 is 10.5 Å². The first kappa shape index (κ1) is 15.5. The van der Waals surface area contributed by atoms with Gasteiger partial charge in [0.05, 0.1) is 11.1 Å². The summed E-state index contributed by atoms with van der Waals surface area (Å²) in [5, 5.41) is 0. The van der Waals surface area contributed by atoms with Crippen LogP contribution in [-0.4, -0.2) is 26.4 Å². The molecule has 0 aliphatic carbocycles. The van der Waals surface area contributed by atoms with Crippen LogP contribution in [-0.2, 0) is 11.2 Å². The lowest BCUT2D eigenvalue weighted by atomic mass is 10.1. The van der Waals surface area contributed by atoms with Gasteiger partial charge >= 0.3 is 0 Å². The van der Waals surface area contributed by atoms with Crippen LogP contribution in [0.15, 0.2) is 22.7 Å². The molecule has 0 saturated carbocycles. The second kappa shape index (κ2) is 9.36. The summed E-state index contributed by atoms with van der Waals surface area (Å²) in [7, 11) is 0. The Bertz CT molecular complexity index is 345. The zero-order valence-electron chi connectivity index (χ0n) is 11.0. The first-order valence-electron chi connectivity index (χ1n) is 6.47. The Balaban J connectivity index is 2.29. The fourth-order valence-electron chi connectivity index (χ4n) is 1.54. The summed E-state index contributed by atoms with van der Waals surface area (Å²) < 4.78 is 12.1. The molecule has 18 heavy (non-hydrogen) atoms. The van der Waals surface area contributed by atoms with E-state index in [0.29, 0.717) is 19.8 Å². The zero-order valence-corrected chi connectivity index (χ0v) is 12.5. The molecule has 1 aromatic rings. The summed E-state index contributed by atoms with van der Waals surface area (Å²) in [6, 6.07) is 6.08. The minimum atomic E-state index is 0.582. The third-order valence-electron chi connectivity index (χ3n) is 2.56. The van der Waals surface area contributed by atoms with Crippen LogP contribution in [0.25, 0.3) is 0 Å². The van der Waals surface area contributed by atoms with Crippen molar-refractivity contribution in [1.82, 2.24) is 0 Å². The van der Waals surface area contributed by atoms with Gasteiger partial charge in [0.25, 0.3) is 0 Å². The number of hydrogen-bond donors (Lipinski definition) is 1. The zero-order chi connectivity index (χ0) is 13.2. The van der Waals surface area contributed by atoms with Gasteiger partial charge in [-0.3, -0.25) is 0 Å². The smallest absolute Gasteiger partial charge is 0.133 e. The molecule has 0 saturated heterocycles. The third-order valence-corrected chi connectivity index (χ3v) is 3.18. The summed E-state index contributed by atoms with van der Waals surface area (Å²) in [4.78, 5) is 0. The fraction of sp³-hybridized carbons (Fsp3) is 0.571. The number of hydrogen-bond acceptors (Lipinski definition) is 3. The molecule has 0 aliphatic heterocycles. The molecule has 0 atom stereocenters. The highest BCUT2D eigenvalue weighted by molar-refractivity contribution is 9.10. The van der Waals surface area contributed by atoms with Crippen molar-refractivity contribution in [3.8, 4) is 5.75 Å². The molecule has 3 nitrogen and oxygen atoms in total. The molecule has 0 bridgehead atoms. The van der Waals surface area contributed by atoms with E-state index >= 15 is 0 Å². The average Bonchev–Trinajstić information content (AvgIpc) is 2.36. The number of benzene rings is 1. The Hall–Kier alpha value is -0.580. The summed E-state index contributed by atoms with van der Waals surface area (Å²) in [6.45, 7) is 4.85. The van der Waals surface area contributed by atoms with E-state index in [9.17, 15) is 0 Å². The average molecular weight is 316 g/mol. The van der Waals surface area contributed by atoms with Gasteiger partial charge in [-0.25, -0.2) is 0 Å². The molecule has 4 heteroatoms. The number of nitrogens with two attached hydrogens (primary N) is 1. The molecule has 0 unspecified atom stereocenters. The van der Waals surface area contributed by atoms with E-state index in [2.05, 4.69) is 28.9 Å². The van der Waals surface area contributed by atoms with Crippen molar-refractivity contribution < 1.29 is 9.47 Å². The lowest BCUT2D eigenvalue weighted by Gasteiger charge is -2.10. The number of halogens is 1. The van der Waals surface area contributed by atoms with Gasteiger partial charge in [0.1, 0.15) is 12.4 Å². The van der Waals surface area contributed by atoms with Crippen molar-refractivity contribution >= 4 is 15.9 Å². The summed E-state index contributed by atoms with van der Waals surface area (Å²) in [5.74, 6) is 0.856. The molecular formula is C14H22BrNO2. The van der Waals surface area contributed by atoms with E-state index < -0.39 is 0 Å². The highest BCUT2D eigenvalue weighted by Gasteiger charge is 2.02. The van der Waals surface area contributed by atoms with Gasteiger partial charge in [0.2, 0.25) is 0 Å². The van der Waals surface area contributed by atoms with Gasteiger partial charge in [-0.1, -0.05) is 19.4 Å². The van der Waals surface area contributed by atoms with E-state index in [1.165, 1.54) is 5.56 Å². The van der Waals surface area contributed by atoms with Crippen molar-refractivity contribution in [3.05, 3.63) is 28.2 Å². The Morgan fingerprint density at radius 1 is 1.22 bits per heavy atom. The molecule has 0 aromatic heterocycles. The van der Waals surface area contributed by atoms with E-state index in [4.69, 9.17) is 15.2 Å². The van der Waals surface area contributed by atoms with Crippen molar-refractivity contribution in [2.45, 2.75) is 26.2 Å². The van der Waals surface area contributed by atoms with Crippen molar-refractivity contribution in [2.24, 2.45) is 5.73 Å². The van der Waals surface area contributed by atoms with Crippen LogP contribution in [0.5, 0.6) is 5.75 Å². The molecule has 0 amide bonds. The van der Waals surface area contributed by atoms with Crippen LogP contribution in [0.2, 0.25) is 0 Å². The summed E-state index contributed by atoms with van der Waals surface area (Å²) in [6.07, 6.45) is 3.16. The molecular weight excluding hydrogens is 294 g/mol. The van der Waals surface area contributed by atoms with Crippen LogP contribution in [0.1, 0.15) is 25.3 Å². The topological polar surface area (TPSA) is 44.5 Å². The molecule has 1 rings (SSSR count). The highest BCUT2D eigenvalue weighted by atomic mass is 79.9. The molecule has 102 valence electrons. The molecule has 0 aliphatic rings. The first-order valence-corrected chi connectivity index (χ1v) is 7.26. The van der Waals surface area contributed by atoms with Gasteiger partial charge in [-0.15, -0.1) is 0 Å². The predicted octanol–water partition coefficient (Wildman–Crippen LogP) is 3.15. The quantitative estimate of drug-likeness (QED) is 0.712. The summed E-state index contributed by atoms with van der Waals surface area (Å²) >= 11 is 3.50. The Morgan fingerprint density at radius 2 is 2.06 bits per heavy atom. The van der Waals surface area contributed by atoms with Gasteiger partial charge < -0.3 is 15.2 Å². The predicted molar refractivity (Wildman–Crippen MR) is 78.1 cm³/mol. The Kier molecular flexibility index (Phi) is 8.05.